The van der Waals surface area contributed by atoms with E-state index in [4.69, 9.17) is 0 Å². The Kier molecular flexibility index (Phi) is 5.32. The van der Waals surface area contributed by atoms with E-state index in [9.17, 15) is 22.4 Å². The third kappa shape index (κ3) is 4.71. The van der Waals surface area contributed by atoms with Crippen LogP contribution in [0.25, 0.3) is 0 Å². The normalized spacial score (nSPS) is 24.3. The molecular formula is C18H22F4N2O. The van der Waals surface area contributed by atoms with Crippen molar-refractivity contribution in [3.8, 4) is 0 Å². The van der Waals surface area contributed by atoms with E-state index in [1.165, 1.54) is 17.0 Å². The first-order valence-electron chi connectivity index (χ1n) is 8.66. The average molecular weight is 358 g/mol. The minimum atomic E-state index is -2.67. The number of amides is 1. The average Bonchev–Trinajstić information content (AvgIpc) is 2.53. The smallest absolute Gasteiger partial charge is 0.251 e. The van der Waals surface area contributed by atoms with E-state index >= 15 is 0 Å². The maximum Gasteiger partial charge on any atom is 0.251 e. The number of benzene rings is 1. The Balaban J connectivity index is 1.58. The van der Waals surface area contributed by atoms with E-state index in [-0.39, 0.29) is 37.8 Å². The van der Waals surface area contributed by atoms with Crippen LogP contribution in [0.1, 0.15) is 31.2 Å². The molecule has 3 nitrogen and oxygen atoms in total. The molecule has 1 aromatic carbocycles. The summed E-state index contributed by atoms with van der Waals surface area (Å²) in [5.74, 6) is -4.22. The molecule has 0 spiro atoms. The summed E-state index contributed by atoms with van der Waals surface area (Å²) in [7, 11) is 0. The second-order valence-corrected chi connectivity index (χ2v) is 7.03. The summed E-state index contributed by atoms with van der Waals surface area (Å²) in [6.45, 7) is 1.80. The van der Waals surface area contributed by atoms with Crippen LogP contribution >= 0.6 is 0 Å². The molecule has 1 amide bonds. The fourth-order valence-electron chi connectivity index (χ4n) is 3.67. The molecule has 1 unspecified atom stereocenters. The number of hydrogen-bond acceptors (Lipinski definition) is 2. The number of hydrogen-bond donors (Lipinski definition) is 0. The molecule has 0 aliphatic carbocycles. The van der Waals surface area contributed by atoms with Gasteiger partial charge in [-0.2, -0.15) is 0 Å². The van der Waals surface area contributed by atoms with Gasteiger partial charge in [0.05, 0.1) is 5.92 Å². The topological polar surface area (TPSA) is 23.6 Å². The van der Waals surface area contributed by atoms with Crippen LogP contribution in [-0.4, -0.2) is 47.8 Å². The molecule has 0 bridgehead atoms. The van der Waals surface area contributed by atoms with Gasteiger partial charge < -0.3 is 4.90 Å². The van der Waals surface area contributed by atoms with E-state index in [1.807, 2.05) is 4.90 Å². The third-order valence-electron chi connectivity index (χ3n) is 4.99. The Hall–Kier alpha value is -1.63. The molecular weight excluding hydrogens is 336 g/mol. The highest BCUT2D eigenvalue weighted by molar-refractivity contribution is 5.79. The van der Waals surface area contributed by atoms with Gasteiger partial charge in [0.2, 0.25) is 5.91 Å². The molecule has 2 aliphatic rings. The van der Waals surface area contributed by atoms with E-state index in [1.54, 1.807) is 0 Å². The Labute approximate surface area is 144 Å². The Bertz CT molecular complexity index is 607. The highest BCUT2D eigenvalue weighted by Gasteiger charge is 2.38. The predicted octanol–water partition coefficient (Wildman–Crippen LogP) is 3.43. The maximum atomic E-state index is 13.3. The number of carbonyl (C=O) groups excluding carboxylic acids is 1. The lowest BCUT2D eigenvalue weighted by Gasteiger charge is -2.37. The number of halogens is 4. The Morgan fingerprint density at radius 2 is 1.72 bits per heavy atom. The second kappa shape index (κ2) is 7.32. The molecule has 1 aromatic rings. The third-order valence-corrected chi connectivity index (χ3v) is 4.99. The summed E-state index contributed by atoms with van der Waals surface area (Å²) in [5.41, 5.74) is 0.531. The number of piperidine rings is 2. The fourth-order valence-corrected chi connectivity index (χ4v) is 3.67. The van der Waals surface area contributed by atoms with Crippen molar-refractivity contribution in [1.29, 1.82) is 0 Å². The summed E-state index contributed by atoms with van der Waals surface area (Å²) in [5, 5.41) is 0. The first-order valence-corrected chi connectivity index (χ1v) is 8.66. The zero-order valence-corrected chi connectivity index (χ0v) is 14.0. The van der Waals surface area contributed by atoms with Crippen LogP contribution in [0.3, 0.4) is 0 Å². The monoisotopic (exact) mass is 358 g/mol. The van der Waals surface area contributed by atoms with E-state index < -0.39 is 17.6 Å². The lowest BCUT2D eigenvalue weighted by molar-refractivity contribution is -0.143. The van der Waals surface area contributed by atoms with Gasteiger partial charge in [-0.3, -0.25) is 9.69 Å². The molecule has 3 rings (SSSR count). The van der Waals surface area contributed by atoms with Crippen LogP contribution in [-0.2, 0) is 11.3 Å². The summed E-state index contributed by atoms with van der Waals surface area (Å²) in [6.07, 6.45) is 0.966. The molecule has 25 heavy (non-hydrogen) atoms. The molecule has 138 valence electrons. The first kappa shape index (κ1) is 18.2. The fraction of sp³-hybridized carbons (Fsp3) is 0.611. The van der Waals surface area contributed by atoms with E-state index in [0.29, 0.717) is 18.7 Å². The van der Waals surface area contributed by atoms with Crippen molar-refractivity contribution < 1.29 is 22.4 Å². The van der Waals surface area contributed by atoms with E-state index in [2.05, 4.69) is 0 Å². The molecule has 1 atom stereocenters. The molecule has 7 heteroatoms. The van der Waals surface area contributed by atoms with Gasteiger partial charge in [-0.15, -0.1) is 0 Å². The van der Waals surface area contributed by atoms with Crippen LogP contribution in [0, 0.1) is 17.6 Å². The molecule has 2 fully saturated rings. The number of nitrogens with zero attached hydrogens (tertiary/aromatic N) is 2. The number of likely N-dealkylation sites (tertiary alicyclic amines) is 2. The summed E-state index contributed by atoms with van der Waals surface area (Å²) < 4.78 is 53.1. The van der Waals surface area contributed by atoms with Gasteiger partial charge in [0.1, 0.15) is 11.6 Å². The minimum absolute atomic E-state index is 0.0781. The van der Waals surface area contributed by atoms with Crippen LogP contribution in [0.4, 0.5) is 17.6 Å². The highest BCUT2D eigenvalue weighted by Crippen LogP contribution is 2.29. The minimum Gasteiger partial charge on any atom is -0.342 e. The Morgan fingerprint density at radius 1 is 1.08 bits per heavy atom. The van der Waals surface area contributed by atoms with Gasteiger partial charge in [-0.1, -0.05) is 0 Å². The van der Waals surface area contributed by atoms with Gasteiger partial charge in [0.15, 0.2) is 0 Å². The summed E-state index contributed by atoms with van der Waals surface area (Å²) in [6, 6.07) is 3.42. The van der Waals surface area contributed by atoms with Crippen molar-refractivity contribution in [3.05, 3.63) is 35.4 Å². The zero-order chi connectivity index (χ0) is 18.0. The zero-order valence-electron chi connectivity index (χ0n) is 14.0. The van der Waals surface area contributed by atoms with Crippen LogP contribution in [0.15, 0.2) is 18.2 Å². The maximum absolute atomic E-state index is 13.3. The van der Waals surface area contributed by atoms with Crippen LogP contribution < -0.4 is 0 Å². The van der Waals surface area contributed by atoms with Crippen molar-refractivity contribution in [2.45, 2.75) is 38.2 Å². The van der Waals surface area contributed by atoms with Crippen molar-refractivity contribution in [3.63, 3.8) is 0 Å². The second-order valence-electron chi connectivity index (χ2n) is 7.03. The Morgan fingerprint density at radius 3 is 2.36 bits per heavy atom. The van der Waals surface area contributed by atoms with Crippen LogP contribution in [0.5, 0.6) is 0 Å². The van der Waals surface area contributed by atoms with Gasteiger partial charge >= 0.3 is 0 Å². The summed E-state index contributed by atoms with van der Waals surface area (Å²) in [4.78, 5) is 16.1. The van der Waals surface area contributed by atoms with Gasteiger partial charge in [-0.25, -0.2) is 17.6 Å². The number of alkyl halides is 2. The molecule has 0 N–H and O–H groups in total. The number of rotatable bonds is 3. The predicted molar refractivity (Wildman–Crippen MR) is 85.1 cm³/mol. The van der Waals surface area contributed by atoms with Crippen molar-refractivity contribution in [2.75, 3.05) is 26.2 Å². The largest absolute Gasteiger partial charge is 0.342 e. The highest BCUT2D eigenvalue weighted by atomic mass is 19.3. The van der Waals surface area contributed by atoms with E-state index in [0.717, 1.165) is 25.5 Å². The van der Waals surface area contributed by atoms with Crippen LogP contribution in [0.2, 0.25) is 0 Å². The quantitative estimate of drug-likeness (QED) is 0.773. The SMILES string of the molecule is O=C(C1CCCN(Cc2cc(F)cc(F)c2)C1)N1CCC(F)(F)CC1. The number of carbonyl (C=O) groups is 1. The molecule has 0 radical (unpaired) electrons. The summed E-state index contributed by atoms with van der Waals surface area (Å²) >= 11 is 0. The van der Waals surface area contributed by atoms with Gasteiger partial charge in [0, 0.05) is 45.1 Å². The molecule has 2 saturated heterocycles. The molecule has 2 heterocycles. The van der Waals surface area contributed by atoms with Gasteiger partial charge in [0.25, 0.3) is 5.92 Å². The lowest BCUT2D eigenvalue weighted by Crippen LogP contribution is -2.48. The van der Waals surface area contributed by atoms with Crippen molar-refractivity contribution in [2.24, 2.45) is 5.92 Å². The molecule has 0 saturated carbocycles. The van der Waals surface area contributed by atoms with Gasteiger partial charge in [-0.05, 0) is 37.1 Å². The first-order chi connectivity index (χ1) is 11.8. The van der Waals surface area contributed by atoms with Crippen molar-refractivity contribution >= 4 is 5.91 Å². The molecule has 0 aromatic heterocycles. The standard InChI is InChI=1S/C18H22F4N2O/c19-15-8-13(9-16(20)10-15)11-23-5-1-2-14(12-23)17(25)24-6-3-18(21,22)4-7-24/h8-10,14H,1-7,11-12H2. The molecule has 2 aliphatic heterocycles. The lowest BCUT2D eigenvalue weighted by atomic mass is 9.94. The van der Waals surface area contributed by atoms with Crippen molar-refractivity contribution in [1.82, 2.24) is 9.80 Å².